The number of ether oxygens (including phenoxy) is 1. The van der Waals surface area contributed by atoms with Crippen LogP contribution in [0, 0.1) is 0 Å². The molecular formula is C9H11BrN2O2. The van der Waals surface area contributed by atoms with Gasteiger partial charge in [-0.2, -0.15) is 0 Å². The predicted molar refractivity (Wildman–Crippen MR) is 57.0 cm³/mol. The van der Waals surface area contributed by atoms with E-state index in [0.29, 0.717) is 11.3 Å². The number of carbonyl (C=O) groups is 1. The Bertz CT molecular complexity index is 353. The molecule has 0 aliphatic heterocycles. The van der Waals surface area contributed by atoms with Gasteiger partial charge in [-0.25, -0.2) is 5.84 Å². The summed E-state index contributed by atoms with van der Waals surface area (Å²) >= 11 is 3.28. The predicted octanol–water partition coefficient (Wildman–Crippen LogP) is 1.40. The molecule has 0 saturated heterocycles. The van der Waals surface area contributed by atoms with Crippen LogP contribution in [0.15, 0.2) is 22.7 Å². The van der Waals surface area contributed by atoms with Crippen molar-refractivity contribution in [1.82, 2.24) is 5.01 Å². The average Bonchev–Trinajstić information content (AvgIpc) is 2.16. The van der Waals surface area contributed by atoms with Gasteiger partial charge >= 0.3 is 0 Å². The van der Waals surface area contributed by atoms with Crippen LogP contribution in [0.3, 0.4) is 0 Å². The minimum absolute atomic E-state index is 0.289. The maximum Gasteiger partial charge on any atom is 0.271 e. The Morgan fingerprint density at radius 1 is 1.57 bits per heavy atom. The number of rotatable bonds is 2. The molecular weight excluding hydrogens is 248 g/mol. The Morgan fingerprint density at radius 3 is 2.71 bits per heavy atom. The number of nitrogens with two attached hydrogens (primary N) is 1. The molecule has 0 unspecified atom stereocenters. The molecule has 0 aliphatic carbocycles. The lowest BCUT2D eigenvalue weighted by molar-refractivity contribution is 0.0791. The molecule has 4 nitrogen and oxygen atoms in total. The molecule has 14 heavy (non-hydrogen) atoms. The number of hydrogen-bond acceptors (Lipinski definition) is 3. The Labute approximate surface area is 90.7 Å². The van der Waals surface area contributed by atoms with Crippen molar-refractivity contribution in [2.75, 3.05) is 14.2 Å². The second-order valence-electron chi connectivity index (χ2n) is 2.76. The quantitative estimate of drug-likeness (QED) is 0.496. The summed E-state index contributed by atoms with van der Waals surface area (Å²) in [7, 11) is 3.00. The van der Waals surface area contributed by atoms with Gasteiger partial charge in [0.05, 0.1) is 12.7 Å². The summed E-state index contributed by atoms with van der Waals surface area (Å²) in [5.74, 6) is 5.58. The van der Waals surface area contributed by atoms with Crippen molar-refractivity contribution in [2.45, 2.75) is 0 Å². The van der Waals surface area contributed by atoms with Gasteiger partial charge in [0.2, 0.25) is 0 Å². The van der Waals surface area contributed by atoms with Gasteiger partial charge in [-0.3, -0.25) is 9.80 Å². The van der Waals surface area contributed by atoms with Gasteiger partial charge in [-0.05, 0) is 18.2 Å². The number of amides is 1. The topological polar surface area (TPSA) is 55.6 Å². The summed E-state index contributed by atoms with van der Waals surface area (Å²) in [6.45, 7) is 0. The van der Waals surface area contributed by atoms with Crippen LogP contribution in [0.2, 0.25) is 0 Å². The van der Waals surface area contributed by atoms with E-state index in [1.807, 2.05) is 0 Å². The fourth-order valence-electron chi connectivity index (χ4n) is 1.04. The van der Waals surface area contributed by atoms with Gasteiger partial charge in [-0.1, -0.05) is 15.9 Å². The second kappa shape index (κ2) is 4.43. The molecule has 0 aliphatic rings. The van der Waals surface area contributed by atoms with Gasteiger partial charge in [0, 0.05) is 11.5 Å². The summed E-state index contributed by atoms with van der Waals surface area (Å²) in [6, 6.07) is 5.18. The summed E-state index contributed by atoms with van der Waals surface area (Å²) in [4.78, 5) is 11.6. The number of methoxy groups -OCH3 is 1. The van der Waals surface area contributed by atoms with Gasteiger partial charge < -0.3 is 4.74 Å². The van der Waals surface area contributed by atoms with Crippen LogP contribution in [0.5, 0.6) is 5.75 Å². The van der Waals surface area contributed by atoms with Crippen molar-refractivity contribution in [3.63, 3.8) is 0 Å². The first-order chi connectivity index (χ1) is 6.56. The van der Waals surface area contributed by atoms with E-state index in [9.17, 15) is 4.79 Å². The molecule has 5 heteroatoms. The summed E-state index contributed by atoms with van der Waals surface area (Å²) < 4.78 is 5.86. The minimum atomic E-state index is -0.289. The molecule has 1 rings (SSSR count). The fourth-order valence-corrected chi connectivity index (χ4v) is 1.40. The van der Waals surface area contributed by atoms with Gasteiger partial charge in [0.15, 0.2) is 0 Å². The minimum Gasteiger partial charge on any atom is -0.496 e. The first kappa shape index (κ1) is 11.0. The monoisotopic (exact) mass is 258 g/mol. The third kappa shape index (κ3) is 2.24. The van der Waals surface area contributed by atoms with Crippen molar-refractivity contribution in [3.05, 3.63) is 28.2 Å². The van der Waals surface area contributed by atoms with Crippen molar-refractivity contribution < 1.29 is 9.53 Å². The van der Waals surface area contributed by atoms with Gasteiger partial charge in [0.1, 0.15) is 5.75 Å². The van der Waals surface area contributed by atoms with Crippen molar-refractivity contribution in [2.24, 2.45) is 5.84 Å². The standard InChI is InChI=1S/C9H11BrN2O2/c1-12(11)9(13)7-5-6(10)3-4-8(7)14-2/h3-5H,11H2,1-2H3. The van der Waals surface area contributed by atoms with E-state index in [-0.39, 0.29) is 5.91 Å². The number of benzene rings is 1. The lowest BCUT2D eigenvalue weighted by Gasteiger charge is -2.13. The van der Waals surface area contributed by atoms with Crippen LogP contribution < -0.4 is 10.6 Å². The Hall–Kier alpha value is -1.07. The number of hydrazine groups is 1. The average molecular weight is 259 g/mol. The van der Waals surface area contributed by atoms with E-state index in [1.165, 1.54) is 14.2 Å². The largest absolute Gasteiger partial charge is 0.496 e. The third-order valence-electron chi connectivity index (χ3n) is 1.71. The SMILES string of the molecule is COc1ccc(Br)cc1C(=O)N(C)N. The lowest BCUT2D eigenvalue weighted by Crippen LogP contribution is -2.33. The molecule has 0 fully saturated rings. The van der Waals surface area contributed by atoms with Crippen molar-refractivity contribution in [1.29, 1.82) is 0 Å². The second-order valence-corrected chi connectivity index (χ2v) is 3.68. The van der Waals surface area contributed by atoms with E-state index in [0.717, 1.165) is 9.48 Å². The van der Waals surface area contributed by atoms with Crippen LogP contribution in [0.1, 0.15) is 10.4 Å². The van der Waals surface area contributed by atoms with Crippen LogP contribution in [0.25, 0.3) is 0 Å². The molecule has 0 radical (unpaired) electrons. The van der Waals surface area contributed by atoms with Crippen LogP contribution in [-0.2, 0) is 0 Å². The van der Waals surface area contributed by atoms with Crippen molar-refractivity contribution >= 4 is 21.8 Å². The molecule has 0 bridgehead atoms. The molecule has 1 aromatic carbocycles. The van der Waals surface area contributed by atoms with E-state index in [4.69, 9.17) is 10.6 Å². The molecule has 0 atom stereocenters. The molecule has 76 valence electrons. The molecule has 0 saturated carbocycles. The molecule has 0 heterocycles. The normalized spacial score (nSPS) is 9.71. The highest BCUT2D eigenvalue weighted by atomic mass is 79.9. The molecule has 0 aromatic heterocycles. The zero-order chi connectivity index (χ0) is 10.7. The van der Waals surface area contributed by atoms with E-state index < -0.39 is 0 Å². The summed E-state index contributed by atoms with van der Waals surface area (Å²) in [6.07, 6.45) is 0. The van der Waals surface area contributed by atoms with Crippen LogP contribution >= 0.6 is 15.9 Å². The van der Waals surface area contributed by atoms with Gasteiger partial charge in [-0.15, -0.1) is 0 Å². The van der Waals surface area contributed by atoms with E-state index >= 15 is 0 Å². The number of halogens is 1. The van der Waals surface area contributed by atoms with Crippen molar-refractivity contribution in [3.8, 4) is 5.75 Å². The maximum atomic E-state index is 11.6. The highest BCUT2D eigenvalue weighted by Crippen LogP contribution is 2.23. The zero-order valence-electron chi connectivity index (χ0n) is 7.95. The lowest BCUT2D eigenvalue weighted by atomic mass is 10.2. The van der Waals surface area contributed by atoms with Crippen LogP contribution in [-0.4, -0.2) is 25.1 Å². The first-order valence-corrected chi connectivity index (χ1v) is 4.72. The maximum absolute atomic E-state index is 11.6. The highest BCUT2D eigenvalue weighted by molar-refractivity contribution is 9.10. The third-order valence-corrected chi connectivity index (χ3v) is 2.21. The smallest absolute Gasteiger partial charge is 0.271 e. The molecule has 2 N–H and O–H groups in total. The number of carbonyl (C=O) groups excluding carboxylic acids is 1. The van der Waals surface area contributed by atoms with Crippen LogP contribution in [0.4, 0.5) is 0 Å². The number of nitrogens with zero attached hydrogens (tertiary/aromatic N) is 1. The summed E-state index contributed by atoms with van der Waals surface area (Å²) in [5, 5.41) is 1.02. The fraction of sp³-hybridized carbons (Fsp3) is 0.222. The van der Waals surface area contributed by atoms with E-state index in [2.05, 4.69) is 15.9 Å². The number of hydrogen-bond donors (Lipinski definition) is 1. The Kier molecular flexibility index (Phi) is 3.49. The molecule has 1 aromatic rings. The molecule has 1 amide bonds. The Morgan fingerprint density at radius 2 is 2.21 bits per heavy atom. The molecule has 0 spiro atoms. The highest BCUT2D eigenvalue weighted by Gasteiger charge is 2.14. The van der Waals surface area contributed by atoms with Gasteiger partial charge in [0.25, 0.3) is 5.91 Å². The Balaban J connectivity index is 3.17. The van der Waals surface area contributed by atoms with E-state index in [1.54, 1.807) is 18.2 Å². The summed E-state index contributed by atoms with van der Waals surface area (Å²) in [5.41, 5.74) is 0.437. The first-order valence-electron chi connectivity index (χ1n) is 3.92. The zero-order valence-corrected chi connectivity index (χ0v) is 9.54.